The molecule has 0 amide bonds. The van der Waals surface area contributed by atoms with Crippen molar-refractivity contribution >= 4 is 33.4 Å². The van der Waals surface area contributed by atoms with Crippen molar-refractivity contribution in [1.29, 1.82) is 0 Å². The number of aromatic nitrogens is 3. The quantitative estimate of drug-likeness (QED) is 0.456. The lowest BCUT2D eigenvalue weighted by Gasteiger charge is -2.26. The zero-order valence-electron chi connectivity index (χ0n) is 17.9. The molecule has 2 aromatic carbocycles. The van der Waals surface area contributed by atoms with E-state index in [1.165, 1.54) is 4.31 Å². The van der Waals surface area contributed by atoms with Gasteiger partial charge in [0, 0.05) is 29.4 Å². The highest BCUT2D eigenvalue weighted by Crippen LogP contribution is 2.31. The number of ether oxygens (including phenoxy) is 1. The zero-order chi connectivity index (χ0) is 22.7. The Bertz CT molecular complexity index is 1190. The summed E-state index contributed by atoms with van der Waals surface area (Å²) in [4.78, 5) is 0.230. The van der Waals surface area contributed by atoms with Crippen molar-refractivity contribution in [3.05, 3.63) is 53.6 Å². The molecule has 2 heterocycles. The first-order valence-corrected chi connectivity index (χ1v) is 13.2. The molecule has 32 heavy (non-hydrogen) atoms. The first-order valence-electron chi connectivity index (χ1n) is 10.4. The molecule has 1 aliphatic rings. The Morgan fingerprint density at radius 3 is 2.56 bits per heavy atom. The van der Waals surface area contributed by atoms with Gasteiger partial charge in [-0.15, -0.1) is 10.2 Å². The number of thioether (sulfide) groups is 1. The fraction of sp³-hybridized carbons (Fsp3) is 0.364. The van der Waals surface area contributed by atoms with E-state index < -0.39 is 10.0 Å². The van der Waals surface area contributed by atoms with Gasteiger partial charge in [-0.3, -0.25) is 4.57 Å². The Morgan fingerprint density at radius 1 is 1.09 bits per heavy atom. The number of benzene rings is 2. The number of hydrogen-bond acceptors (Lipinski definition) is 6. The minimum atomic E-state index is -3.62. The van der Waals surface area contributed by atoms with Crippen LogP contribution in [0.3, 0.4) is 0 Å². The number of morpholine rings is 1. The van der Waals surface area contributed by atoms with E-state index in [2.05, 4.69) is 24.0 Å². The summed E-state index contributed by atoms with van der Waals surface area (Å²) in [7, 11) is -3.62. The summed E-state index contributed by atoms with van der Waals surface area (Å²) in [5, 5.41) is 10.2. The summed E-state index contributed by atoms with van der Waals surface area (Å²) >= 11 is 7.86. The van der Waals surface area contributed by atoms with Crippen molar-refractivity contribution in [2.24, 2.45) is 5.92 Å². The fourth-order valence-corrected chi connectivity index (χ4v) is 5.91. The Morgan fingerprint density at radius 2 is 1.84 bits per heavy atom. The van der Waals surface area contributed by atoms with E-state index in [1.54, 1.807) is 30.0 Å². The van der Waals surface area contributed by atoms with Crippen LogP contribution in [-0.2, 0) is 14.8 Å². The van der Waals surface area contributed by atoms with Crippen molar-refractivity contribution in [3.63, 3.8) is 0 Å². The van der Waals surface area contributed by atoms with E-state index >= 15 is 0 Å². The molecule has 0 bridgehead atoms. The Labute approximate surface area is 197 Å². The molecule has 1 saturated heterocycles. The second-order valence-electron chi connectivity index (χ2n) is 7.87. The molecule has 7 nitrogen and oxygen atoms in total. The maximum atomic E-state index is 13.2. The van der Waals surface area contributed by atoms with E-state index in [-0.39, 0.29) is 4.90 Å². The van der Waals surface area contributed by atoms with Crippen LogP contribution in [0.15, 0.2) is 58.6 Å². The van der Waals surface area contributed by atoms with Crippen molar-refractivity contribution in [1.82, 2.24) is 19.1 Å². The van der Waals surface area contributed by atoms with Crippen LogP contribution in [0, 0.1) is 5.92 Å². The van der Waals surface area contributed by atoms with Gasteiger partial charge in [-0.25, -0.2) is 8.42 Å². The van der Waals surface area contributed by atoms with Crippen LogP contribution in [0.1, 0.15) is 13.8 Å². The number of nitrogens with zero attached hydrogens (tertiary/aromatic N) is 4. The van der Waals surface area contributed by atoms with E-state index in [1.807, 2.05) is 34.9 Å². The normalized spacial score (nSPS) is 15.4. The smallest absolute Gasteiger partial charge is 0.243 e. The van der Waals surface area contributed by atoms with Gasteiger partial charge in [-0.2, -0.15) is 4.31 Å². The monoisotopic (exact) mass is 492 g/mol. The highest BCUT2D eigenvalue weighted by molar-refractivity contribution is 7.99. The zero-order valence-corrected chi connectivity index (χ0v) is 20.3. The SMILES string of the molecule is CC(C)CSc1nnc(-c2cccc(S(=O)(=O)N3CCOCC3)c2)n1-c1cccc(Cl)c1. The molecule has 1 aromatic heterocycles. The molecule has 0 aliphatic carbocycles. The van der Waals surface area contributed by atoms with Gasteiger partial charge in [0.15, 0.2) is 11.0 Å². The summed E-state index contributed by atoms with van der Waals surface area (Å²) in [5.74, 6) is 1.93. The summed E-state index contributed by atoms with van der Waals surface area (Å²) in [6, 6.07) is 14.3. The van der Waals surface area contributed by atoms with Crippen LogP contribution in [0.25, 0.3) is 17.1 Å². The molecule has 170 valence electrons. The summed E-state index contributed by atoms with van der Waals surface area (Å²) in [6.07, 6.45) is 0. The Hall–Kier alpha value is -1.91. The first-order chi connectivity index (χ1) is 15.4. The molecule has 4 rings (SSSR count). The van der Waals surface area contributed by atoms with Crippen LogP contribution in [0.2, 0.25) is 5.02 Å². The molecule has 0 saturated carbocycles. The molecular weight excluding hydrogens is 468 g/mol. The lowest BCUT2D eigenvalue weighted by atomic mass is 10.2. The van der Waals surface area contributed by atoms with Crippen LogP contribution < -0.4 is 0 Å². The largest absolute Gasteiger partial charge is 0.379 e. The molecule has 1 fully saturated rings. The summed E-state index contributed by atoms with van der Waals surface area (Å²) in [5.41, 5.74) is 1.49. The third-order valence-electron chi connectivity index (χ3n) is 4.95. The van der Waals surface area contributed by atoms with E-state index in [9.17, 15) is 8.42 Å². The number of sulfonamides is 1. The van der Waals surface area contributed by atoms with Gasteiger partial charge in [0.2, 0.25) is 10.0 Å². The highest BCUT2D eigenvalue weighted by atomic mass is 35.5. The molecule has 3 aromatic rings. The fourth-order valence-electron chi connectivity index (χ4n) is 3.37. The van der Waals surface area contributed by atoms with Crippen LogP contribution >= 0.6 is 23.4 Å². The third-order valence-corrected chi connectivity index (χ3v) is 8.43. The average Bonchev–Trinajstić information content (AvgIpc) is 3.22. The molecule has 0 N–H and O–H groups in total. The van der Waals surface area contributed by atoms with Crippen molar-refractivity contribution in [2.75, 3.05) is 32.1 Å². The van der Waals surface area contributed by atoms with Gasteiger partial charge >= 0.3 is 0 Å². The molecule has 0 radical (unpaired) electrons. The van der Waals surface area contributed by atoms with Crippen molar-refractivity contribution < 1.29 is 13.2 Å². The predicted molar refractivity (Wildman–Crippen MR) is 127 cm³/mol. The highest BCUT2D eigenvalue weighted by Gasteiger charge is 2.27. The van der Waals surface area contributed by atoms with Crippen LogP contribution in [-0.4, -0.2) is 59.5 Å². The van der Waals surface area contributed by atoms with Gasteiger partial charge in [-0.1, -0.05) is 55.4 Å². The van der Waals surface area contributed by atoms with Gasteiger partial charge in [0.25, 0.3) is 0 Å². The van der Waals surface area contributed by atoms with Crippen LogP contribution in [0.4, 0.5) is 0 Å². The topological polar surface area (TPSA) is 77.3 Å². The Balaban J connectivity index is 1.77. The molecule has 0 spiro atoms. The van der Waals surface area contributed by atoms with E-state index in [4.69, 9.17) is 16.3 Å². The Kier molecular flexibility index (Phi) is 7.21. The molecule has 10 heteroatoms. The molecule has 1 aliphatic heterocycles. The lowest BCUT2D eigenvalue weighted by Crippen LogP contribution is -2.40. The van der Waals surface area contributed by atoms with Crippen LogP contribution in [0.5, 0.6) is 0 Å². The van der Waals surface area contributed by atoms with E-state index in [0.29, 0.717) is 48.6 Å². The second-order valence-corrected chi connectivity index (χ2v) is 11.2. The lowest BCUT2D eigenvalue weighted by molar-refractivity contribution is 0.0730. The second kappa shape index (κ2) is 9.93. The first kappa shape index (κ1) is 23.3. The van der Waals surface area contributed by atoms with Gasteiger partial charge < -0.3 is 4.74 Å². The third kappa shape index (κ3) is 5.02. The molecular formula is C22H25ClN4O3S2. The number of rotatable bonds is 7. The molecule has 0 unspecified atom stereocenters. The average molecular weight is 493 g/mol. The predicted octanol–water partition coefficient (Wildman–Crippen LogP) is 4.36. The maximum Gasteiger partial charge on any atom is 0.243 e. The molecule has 0 atom stereocenters. The van der Waals surface area contributed by atoms with E-state index in [0.717, 1.165) is 16.6 Å². The summed E-state index contributed by atoms with van der Waals surface area (Å²) < 4.78 is 35.0. The van der Waals surface area contributed by atoms with Gasteiger partial charge in [0.1, 0.15) is 0 Å². The van der Waals surface area contributed by atoms with Crippen molar-refractivity contribution in [3.8, 4) is 17.1 Å². The number of halogens is 1. The standard InChI is InChI=1S/C22H25ClN4O3S2/c1-16(2)15-31-22-25-24-21(27(22)19-7-4-6-18(23)14-19)17-5-3-8-20(13-17)32(28,29)26-9-11-30-12-10-26/h3-8,13-14,16H,9-12,15H2,1-2H3. The summed E-state index contributed by atoms with van der Waals surface area (Å²) in [6.45, 7) is 5.79. The number of hydrogen-bond donors (Lipinski definition) is 0. The van der Waals surface area contributed by atoms with Gasteiger partial charge in [0.05, 0.1) is 23.8 Å². The maximum absolute atomic E-state index is 13.2. The van der Waals surface area contributed by atoms with Crippen molar-refractivity contribution in [2.45, 2.75) is 23.9 Å². The minimum Gasteiger partial charge on any atom is -0.379 e. The minimum absolute atomic E-state index is 0.230. The van der Waals surface area contributed by atoms with Gasteiger partial charge in [-0.05, 0) is 36.2 Å².